The van der Waals surface area contributed by atoms with E-state index in [2.05, 4.69) is 4.98 Å². The van der Waals surface area contributed by atoms with Gasteiger partial charge in [-0.1, -0.05) is 18.2 Å². The standard InChI is InChI=1S/C17H14F3N3O/c18-17(19,20)14-3-1-2-11(6-14)12-4-5-23(10-12)16(24)13-7-15(8-21)22-9-13/h1-3,6-7,9,12,22H,4-5,10H2. The quantitative estimate of drug-likeness (QED) is 0.914. The molecule has 1 aromatic carbocycles. The normalized spacial score (nSPS) is 17.8. The van der Waals surface area contributed by atoms with Crippen LogP contribution in [0.15, 0.2) is 36.5 Å². The maximum absolute atomic E-state index is 12.8. The fourth-order valence-corrected chi connectivity index (χ4v) is 2.95. The number of aromatic amines is 1. The molecule has 1 N–H and O–H groups in total. The average molecular weight is 333 g/mol. The molecule has 1 atom stereocenters. The van der Waals surface area contributed by atoms with Gasteiger partial charge >= 0.3 is 6.18 Å². The summed E-state index contributed by atoms with van der Waals surface area (Å²) in [5, 5.41) is 8.78. The Morgan fingerprint density at radius 3 is 2.79 bits per heavy atom. The highest BCUT2D eigenvalue weighted by Gasteiger charge is 2.33. The highest BCUT2D eigenvalue weighted by Crippen LogP contribution is 2.34. The highest BCUT2D eigenvalue weighted by molar-refractivity contribution is 5.94. The van der Waals surface area contributed by atoms with E-state index in [1.165, 1.54) is 18.3 Å². The smallest absolute Gasteiger partial charge is 0.352 e. The second-order valence-corrected chi connectivity index (χ2v) is 5.77. The Balaban J connectivity index is 1.74. The molecular formula is C17H14F3N3O. The van der Waals surface area contributed by atoms with E-state index in [1.807, 2.05) is 6.07 Å². The van der Waals surface area contributed by atoms with Crippen LogP contribution in [-0.4, -0.2) is 28.9 Å². The van der Waals surface area contributed by atoms with Crippen LogP contribution in [0.1, 0.15) is 39.5 Å². The van der Waals surface area contributed by atoms with Gasteiger partial charge in [-0.15, -0.1) is 0 Å². The fourth-order valence-electron chi connectivity index (χ4n) is 2.95. The molecule has 1 unspecified atom stereocenters. The molecule has 124 valence electrons. The third kappa shape index (κ3) is 3.13. The van der Waals surface area contributed by atoms with Crippen molar-refractivity contribution in [1.82, 2.24) is 9.88 Å². The number of H-pyrrole nitrogens is 1. The first-order valence-electron chi connectivity index (χ1n) is 7.43. The van der Waals surface area contributed by atoms with Crippen LogP contribution >= 0.6 is 0 Å². The number of nitrogens with one attached hydrogen (secondary N) is 1. The first-order valence-corrected chi connectivity index (χ1v) is 7.43. The van der Waals surface area contributed by atoms with E-state index in [0.717, 1.165) is 12.1 Å². The van der Waals surface area contributed by atoms with Gasteiger partial charge in [0.25, 0.3) is 5.91 Å². The van der Waals surface area contributed by atoms with Crippen molar-refractivity contribution in [1.29, 1.82) is 5.26 Å². The van der Waals surface area contributed by atoms with E-state index >= 15 is 0 Å². The molecule has 0 bridgehead atoms. The van der Waals surface area contributed by atoms with Gasteiger partial charge in [0.2, 0.25) is 0 Å². The molecule has 0 aliphatic carbocycles. The Labute approximate surface area is 136 Å². The molecular weight excluding hydrogens is 319 g/mol. The zero-order chi connectivity index (χ0) is 17.3. The van der Waals surface area contributed by atoms with Crippen molar-refractivity contribution in [3.63, 3.8) is 0 Å². The van der Waals surface area contributed by atoms with E-state index in [-0.39, 0.29) is 11.8 Å². The summed E-state index contributed by atoms with van der Waals surface area (Å²) in [6, 6.07) is 8.65. The SMILES string of the molecule is N#Cc1cc(C(=O)N2CCC(c3cccc(C(F)(F)F)c3)C2)c[nH]1. The number of nitriles is 1. The van der Waals surface area contributed by atoms with Crippen LogP contribution in [0.25, 0.3) is 0 Å². The maximum Gasteiger partial charge on any atom is 0.416 e. The lowest BCUT2D eigenvalue weighted by molar-refractivity contribution is -0.137. The average Bonchev–Trinajstić information content (AvgIpc) is 3.23. The van der Waals surface area contributed by atoms with Crippen LogP contribution in [0.2, 0.25) is 0 Å². The maximum atomic E-state index is 12.8. The molecule has 1 fully saturated rings. The number of nitrogens with zero attached hydrogens (tertiary/aromatic N) is 2. The van der Waals surface area contributed by atoms with Crippen LogP contribution in [0.4, 0.5) is 13.2 Å². The summed E-state index contributed by atoms with van der Waals surface area (Å²) in [7, 11) is 0. The van der Waals surface area contributed by atoms with Crippen LogP contribution in [0.5, 0.6) is 0 Å². The summed E-state index contributed by atoms with van der Waals surface area (Å²) in [4.78, 5) is 16.7. The van der Waals surface area contributed by atoms with Gasteiger partial charge in [-0.3, -0.25) is 4.79 Å². The molecule has 2 aromatic rings. The minimum Gasteiger partial charge on any atom is -0.352 e. The van der Waals surface area contributed by atoms with Crippen molar-refractivity contribution in [2.45, 2.75) is 18.5 Å². The van der Waals surface area contributed by atoms with Crippen molar-refractivity contribution < 1.29 is 18.0 Å². The van der Waals surface area contributed by atoms with Gasteiger partial charge in [-0.2, -0.15) is 18.4 Å². The minimum absolute atomic E-state index is 0.120. The topological polar surface area (TPSA) is 59.9 Å². The molecule has 1 amide bonds. The number of carbonyl (C=O) groups excluding carboxylic acids is 1. The van der Waals surface area contributed by atoms with Gasteiger partial charge in [-0.25, -0.2) is 0 Å². The van der Waals surface area contributed by atoms with Gasteiger partial charge in [0, 0.05) is 25.2 Å². The van der Waals surface area contributed by atoms with Gasteiger partial charge < -0.3 is 9.88 Å². The Morgan fingerprint density at radius 2 is 2.12 bits per heavy atom. The number of aromatic nitrogens is 1. The van der Waals surface area contributed by atoms with Crippen molar-refractivity contribution in [3.8, 4) is 6.07 Å². The van der Waals surface area contributed by atoms with Crippen molar-refractivity contribution >= 4 is 5.91 Å². The highest BCUT2D eigenvalue weighted by atomic mass is 19.4. The van der Waals surface area contributed by atoms with Crippen LogP contribution in [0.3, 0.4) is 0 Å². The lowest BCUT2D eigenvalue weighted by Gasteiger charge is -2.16. The molecule has 24 heavy (non-hydrogen) atoms. The summed E-state index contributed by atoms with van der Waals surface area (Å²) in [5.41, 5.74) is 0.601. The lowest BCUT2D eigenvalue weighted by atomic mass is 9.96. The van der Waals surface area contributed by atoms with E-state index in [9.17, 15) is 18.0 Å². The van der Waals surface area contributed by atoms with E-state index < -0.39 is 11.7 Å². The van der Waals surface area contributed by atoms with Crippen LogP contribution in [0, 0.1) is 11.3 Å². The van der Waals surface area contributed by atoms with Gasteiger partial charge in [0.1, 0.15) is 11.8 Å². The van der Waals surface area contributed by atoms with Crippen molar-refractivity contribution in [2.24, 2.45) is 0 Å². The van der Waals surface area contributed by atoms with Gasteiger partial charge in [0.05, 0.1) is 11.1 Å². The Bertz CT molecular complexity index is 804. The number of alkyl halides is 3. The first-order chi connectivity index (χ1) is 11.4. The lowest BCUT2D eigenvalue weighted by Crippen LogP contribution is -2.28. The summed E-state index contributed by atoms with van der Waals surface area (Å²) in [6.07, 6.45) is -2.29. The van der Waals surface area contributed by atoms with E-state index in [1.54, 1.807) is 11.0 Å². The monoisotopic (exact) mass is 333 g/mol. The largest absolute Gasteiger partial charge is 0.416 e. The van der Waals surface area contributed by atoms with Crippen molar-refractivity contribution in [2.75, 3.05) is 13.1 Å². The Kier molecular flexibility index (Phi) is 4.06. The molecule has 7 heteroatoms. The fraction of sp³-hybridized carbons (Fsp3) is 0.294. The zero-order valence-corrected chi connectivity index (χ0v) is 12.6. The first kappa shape index (κ1) is 16.1. The predicted molar refractivity (Wildman–Crippen MR) is 80.2 cm³/mol. The third-order valence-corrected chi connectivity index (χ3v) is 4.21. The molecule has 2 heterocycles. The number of rotatable bonds is 2. The second kappa shape index (κ2) is 6.04. The van der Waals surface area contributed by atoms with Crippen LogP contribution in [-0.2, 0) is 6.18 Å². The number of carbonyl (C=O) groups is 1. The summed E-state index contributed by atoms with van der Waals surface area (Å²) < 4.78 is 38.5. The van der Waals surface area contributed by atoms with Gasteiger partial charge in [-0.05, 0) is 24.1 Å². The number of hydrogen-bond acceptors (Lipinski definition) is 2. The molecule has 0 radical (unpaired) electrons. The third-order valence-electron chi connectivity index (χ3n) is 4.21. The Hall–Kier alpha value is -2.75. The molecule has 0 saturated carbocycles. The second-order valence-electron chi connectivity index (χ2n) is 5.77. The molecule has 3 rings (SSSR count). The van der Waals surface area contributed by atoms with Gasteiger partial charge in [0.15, 0.2) is 0 Å². The zero-order valence-electron chi connectivity index (χ0n) is 12.6. The number of hydrogen-bond donors (Lipinski definition) is 1. The molecule has 1 aliphatic heterocycles. The molecule has 4 nitrogen and oxygen atoms in total. The summed E-state index contributed by atoms with van der Waals surface area (Å²) in [5.74, 6) is -0.340. The number of likely N-dealkylation sites (tertiary alicyclic amines) is 1. The van der Waals surface area contributed by atoms with E-state index in [4.69, 9.17) is 5.26 Å². The summed E-state index contributed by atoms with van der Waals surface area (Å²) >= 11 is 0. The predicted octanol–water partition coefficient (Wildman–Crippen LogP) is 3.53. The summed E-state index contributed by atoms with van der Waals surface area (Å²) in [6.45, 7) is 0.847. The van der Waals surface area contributed by atoms with E-state index in [0.29, 0.717) is 36.3 Å². The minimum atomic E-state index is -4.37. The number of halogens is 3. The van der Waals surface area contributed by atoms with Crippen LogP contribution < -0.4 is 0 Å². The number of amides is 1. The number of benzene rings is 1. The molecule has 1 saturated heterocycles. The van der Waals surface area contributed by atoms with Crippen molar-refractivity contribution in [3.05, 3.63) is 58.9 Å². The molecule has 1 aromatic heterocycles. The Morgan fingerprint density at radius 1 is 1.33 bits per heavy atom. The molecule has 1 aliphatic rings. The molecule has 0 spiro atoms.